The van der Waals surface area contributed by atoms with Crippen LogP contribution in [0.5, 0.6) is 11.5 Å². The van der Waals surface area contributed by atoms with Crippen LogP contribution in [0.2, 0.25) is 5.02 Å². The predicted octanol–water partition coefficient (Wildman–Crippen LogP) is 7.32. The topological polar surface area (TPSA) is 30.5 Å². The Kier molecular flexibility index (Phi) is 6.64. The molecule has 2 aromatic carbocycles. The molecule has 0 amide bonds. The van der Waals surface area contributed by atoms with Crippen molar-refractivity contribution in [2.45, 2.75) is 78.5 Å². The van der Waals surface area contributed by atoms with E-state index in [0.717, 1.165) is 41.2 Å². The molecule has 0 saturated heterocycles. The van der Waals surface area contributed by atoms with Gasteiger partial charge in [0, 0.05) is 12.6 Å². The van der Waals surface area contributed by atoms with Gasteiger partial charge in [0.25, 0.3) is 0 Å². The highest BCUT2D eigenvalue weighted by atomic mass is 35.5. The molecule has 6 rings (SSSR count). The lowest BCUT2D eigenvalue weighted by molar-refractivity contribution is -0.0706. The molecule has 0 heterocycles. The summed E-state index contributed by atoms with van der Waals surface area (Å²) in [6.07, 6.45) is 8.73. The molecule has 178 valence electrons. The Morgan fingerprint density at radius 2 is 1.61 bits per heavy atom. The van der Waals surface area contributed by atoms with Crippen LogP contribution >= 0.6 is 11.6 Å². The first-order valence-electron chi connectivity index (χ1n) is 12.8. The SMILES string of the molecule is CCOc1cc(CNC(C)C23CC4CC(CC(C4)C2)C3)cc(Cl)c1OCc1ccc(C)cc1. The van der Waals surface area contributed by atoms with Crippen molar-refractivity contribution in [3.8, 4) is 11.5 Å². The number of rotatable bonds is 9. The monoisotopic (exact) mass is 467 g/mol. The molecular formula is C29H38ClNO2. The molecule has 4 fully saturated rings. The van der Waals surface area contributed by atoms with Crippen molar-refractivity contribution < 1.29 is 9.47 Å². The average Bonchev–Trinajstić information content (AvgIpc) is 2.77. The Labute approximate surface area is 204 Å². The molecular weight excluding hydrogens is 430 g/mol. The maximum absolute atomic E-state index is 6.70. The second-order valence-corrected chi connectivity index (χ2v) is 11.4. The molecule has 4 aliphatic carbocycles. The summed E-state index contributed by atoms with van der Waals surface area (Å²) in [7, 11) is 0. The number of aryl methyl sites for hydroxylation is 1. The summed E-state index contributed by atoms with van der Waals surface area (Å²) in [4.78, 5) is 0. The molecule has 0 radical (unpaired) electrons. The summed E-state index contributed by atoms with van der Waals surface area (Å²) in [6.45, 7) is 8.36. The van der Waals surface area contributed by atoms with Crippen LogP contribution in [0.1, 0.15) is 69.1 Å². The van der Waals surface area contributed by atoms with E-state index in [4.69, 9.17) is 21.1 Å². The Morgan fingerprint density at radius 3 is 2.21 bits per heavy atom. The van der Waals surface area contributed by atoms with Crippen molar-refractivity contribution >= 4 is 11.6 Å². The van der Waals surface area contributed by atoms with Crippen LogP contribution in [0.4, 0.5) is 0 Å². The van der Waals surface area contributed by atoms with E-state index in [1.165, 1.54) is 44.1 Å². The quantitative estimate of drug-likeness (QED) is 0.419. The number of ether oxygens (including phenoxy) is 2. The van der Waals surface area contributed by atoms with Gasteiger partial charge in [0.05, 0.1) is 11.6 Å². The minimum atomic E-state index is 0.473. The minimum absolute atomic E-state index is 0.473. The number of halogens is 1. The van der Waals surface area contributed by atoms with Crippen molar-refractivity contribution in [2.75, 3.05) is 6.61 Å². The van der Waals surface area contributed by atoms with E-state index < -0.39 is 0 Å². The van der Waals surface area contributed by atoms with Gasteiger partial charge in [0.15, 0.2) is 11.5 Å². The second kappa shape index (κ2) is 9.50. The van der Waals surface area contributed by atoms with Gasteiger partial charge in [-0.1, -0.05) is 41.4 Å². The van der Waals surface area contributed by atoms with Crippen LogP contribution in [-0.4, -0.2) is 12.6 Å². The standard InChI is InChI=1S/C29H38ClNO2/c1-4-32-27-13-25(12-26(30)28(27)33-18-21-7-5-19(2)6-8-21)17-31-20(3)29-14-22-9-23(15-29)11-24(10-22)16-29/h5-8,12-13,20,22-24,31H,4,9-11,14-18H2,1-3H3. The third kappa shape index (κ3) is 4.91. The Hall–Kier alpha value is -1.71. The largest absolute Gasteiger partial charge is 0.490 e. The van der Waals surface area contributed by atoms with Gasteiger partial charge in [0.1, 0.15) is 6.61 Å². The lowest BCUT2D eigenvalue weighted by atomic mass is 9.48. The van der Waals surface area contributed by atoms with Gasteiger partial charge in [-0.05, 0) is 106 Å². The van der Waals surface area contributed by atoms with Crippen LogP contribution in [0.25, 0.3) is 0 Å². The zero-order valence-electron chi connectivity index (χ0n) is 20.3. The maximum Gasteiger partial charge on any atom is 0.180 e. The molecule has 4 heteroatoms. The van der Waals surface area contributed by atoms with E-state index in [1.807, 2.05) is 13.0 Å². The van der Waals surface area contributed by atoms with E-state index in [1.54, 1.807) is 0 Å². The molecule has 4 aliphatic rings. The zero-order valence-corrected chi connectivity index (χ0v) is 21.1. The Balaban J connectivity index is 1.26. The first-order valence-corrected chi connectivity index (χ1v) is 13.2. The van der Waals surface area contributed by atoms with Crippen molar-refractivity contribution in [1.82, 2.24) is 5.32 Å². The summed E-state index contributed by atoms with van der Waals surface area (Å²) in [5.41, 5.74) is 4.02. The summed E-state index contributed by atoms with van der Waals surface area (Å²) >= 11 is 6.70. The summed E-state index contributed by atoms with van der Waals surface area (Å²) in [5.74, 6) is 4.30. The second-order valence-electron chi connectivity index (χ2n) is 11.0. The lowest BCUT2D eigenvalue weighted by Crippen LogP contribution is -2.54. The normalized spacial score (nSPS) is 28.7. The van der Waals surface area contributed by atoms with Gasteiger partial charge in [-0.2, -0.15) is 0 Å². The highest BCUT2D eigenvalue weighted by molar-refractivity contribution is 6.32. The van der Waals surface area contributed by atoms with Crippen LogP contribution < -0.4 is 14.8 Å². The first-order chi connectivity index (χ1) is 15.9. The fourth-order valence-electron chi connectivity index (χ4n) is 7.16. The molecule has 2 aromatic rings. The number of nitrogens with one attached hydrogen (secondary N) is 1. The van der Waals surface area contributed by atoms with Crippen LogP contribution in [-0.2, 0) is 13.2 Å². The minimum Gasteiger partial charge on any atom is -0.490 e. The number of hydrogen-bond acceptors (Lipinski definition) is 3. The molecule has 1 atom stereocenters. The molecule has 1 unspecified atom stereocenters. The summed E-state index contributed by atoms with van der Waals surface area (Å²) < 4.78 is 12.1. The molecule has 4 bridgehead atoms. The zero-order chi connectivity index (χ0) is 23.0. The van der Waals surface area contributed by atoms with Gasteiger partial charge < -0.3 is 14.8 Å². The van der Waals surface area contributed by atoms with E-state index in [9.17, 15) is 0 Å². The maximum atomic E-state index is 6.70. The van der Waals surface area contributed by atoms with Gasteiger partial charge in [-0.25, -0.2) is 0 Å². The average molecular weight is 468 g/mol. The van der Waals surface area contributed by atoms with Gasteiger partial charge in [0.2, 0.25) is 0 Å². The van der Waals surface area contributed by atoms with Gasteiger partial charge in [-0.15, -0.1) is 0 Å². The van der Waals surface area contributed by atoms with Crippen LogP contribution in [0.15, 0.2) is 36.4 Å². The van der Waals surface area contributed by atoms with Gasteiger partial charge in [-0.3, -0.25) is 0 Å². The molecule has 0 aromatic heterocycles. The fraction of sp³-hybridized carbons (Fsp3) is 0.586. The molecule has 3 nitrogen and oxygen atoms in total. The third-order valence-electron chi connectivity index (χ3n) is 8.49. The van der Waals surface area contributed by atoms with Crippen molar-refractivity contribution in [1.29, 1.82) is 0 Å². The van der Waals surface area contributed by atoms with E-state index >= 15 is 0 Å². The first kappa shape index (κ1) is 23.1. The predicted molar refractivity (Wildman–Crippen MR) is 135 cm³/mol. The highest BCUT2D eigenvalue weighted by Crippen LogP contribution is 2.61. The van der Waals surface area contributed by atoms with Crippen LogP contribution in [0.3, 0.4) is 0 Å². The van der Waals surface area contributed by atoms with Crippen molar-refractivity contribution in [3.63, 3.8) is 0 Å². The molecule has 4 saturated carbocycles. The fourth-order valence-corrected chi connectivity index (χ4v) is 7.45. The lowest BCUT2D eigenvalue weighted by Gasteiger charge is -2.59. The van der Waals surface area contributed by atoms with Crippen LogP contribution in [0, 0.1) is 30.1 Å². The molecule has 0 spiro atoms. The van der Waals surface area contributed by atoms with Gasteiger partial charge >= 0.3 is 0 Å². The van der Waals surface area contributed by atoms with E-state index in [2.05, 4.69) is 49.5 Å². The highest BCUT2D eigenvalue weighted by Gasteiger charge is 2.52. The Morgan fingerprint density at radius 1 is 0.970 bits per heavy atom. The third-order valence-corrected chi connectivity index (χ3v) is 8.77. The molecule has 0 aliphatic heterocycles. The van der Waals surface area contributed by atoms with E-state index in [-0.39, 0.29) is 0 Å². The number of hydrogen-bond donors (Lipinski definition) is 1. The van der Waals surface area contributed by atoms with E-state index in [0.29, 0.717) is 35.4 Å². The van der Waals surface area contributed by atoms with Crippen molar-refractivity contribution in [3.05, 3.63) is 58.1 Å². The summed E-state index contributed by atoms with van der Waals surface area (Å²) in [5, 5.41) is 4.50. The summed E-state index contributed by atoms with van der Waals surface area (Å²) in [6, 6.07) is 13.0. The van der Waals surface area contributed by atoms with Crippen molar-refractivity contribution in [2.24, 2.45) is 23.2 Å². The number of benzene rings is 2. The molecule has 33 heavy (non-hydrogen) atoms. The molecule has 1 N–H and O–H groups in total. The Bertz CT molecular complexity index is 935. The smallest absolute Gasteiger partial charge is 0.180 e.